The van der Waals surface area contributed by atoms with Crippen LogP contribution in [-0.4, -0.2) is 29.0 Å². The van der Waals surface area contributed by atoms with Crippen LogP contribution in [0.15, 0.2) is 36.5 Å². The summed E-state index contributed by atoms with van der Waals surface area (Å²) in [6, 6.07) is 6.44. The summed E-state index contributed by atoms with van der Waals surface area (Å²) in [5, 5.41) is 0. The number of ether oxygens (including phenoxy) is 2. The van der Waals surface area contributed by atoms with Crippen LogP contribution >= 0.6 is 0 Å². The molecule has 1 spiro atoms. The summed E-state index contributed by atoms with van der Waals surface area (Å²) < 4.78 is 25.5. The van der Waals surface area contributed by atoms with Crippen molar-refractivity contribution in [1.29, 1.82) is 0 Å². The van der Waals surface area contributed by atoms with E-state index in [-0.39, 0.29) is 11.6 Å². The van der Waals surface area contributed by atoms with Crippen molar-refractivity contribution in [2.24, 2.45) is 0 Å². The van der Waals surface area contributed by atoms with Crippen LogP contribution in [0, 0.1) is 5.82 Å². The molecule has 6 heteroatoms. The highest BCUT2D eigenvalue weighted by atomic mass is 19.1. The summed E-state index contributed by atoms with van der Waals surface area (Å²) in [7, 11) is 0. The van der Waals surface area contributed by atoms with Crippen LogP contribution in [0.25, 0.3) is 16.8 Å². The molecular weight excluding hydrogens is 309 g/mol. The number of allylic oxidation sites excluding steroid dienone is 1. The number of halogens is 1. The Balaban J connectivity index is 1.67. The summed E-state index contributed by atoms with van der Waals surface area (Å²) in [6.07, 6.45) is 5.94. The first-order chi connectivity index (χ1) is 11.7. The lowest BCUT2D eigenvalue weighted by atomic mass is 9.92. The number of hydrogen-bond acceptors (Lipinski definition) is 5. The van der Waals surface area contributed by atoms with E-state index >= 15 is 0 Å². The van der Waals surface area contributed by atoms with E-state index in [0.29, 0.717) is 30.9 Å². The lowest BCUT2D eigenvalue weighted by molar-refractivity contribution is -0.159. The SMILES string of the molecule is Nc1ncc(C2=CCC3(CC2)OCCO3)nc1-c1ccccc1F. The summed E-state index contributed by atoms with van der Waals surface area (Å²) in [5.74, 6) is -0.613. The third-order valence-electron chi connectivity index (χ3n) is 4.51. The average Bonchev–Trinajstić information content (AvgIpc) is 3.05. The number of hydrogen-bond donors (Lipinski definition) is 1. The van der Waals surface area contributed by atoms with Gasteiger partial charge in [0.15, 0.2) is 5.79 Å². The molecule has 0 amide bonds. The number of nitrogens with two attached hydrogens (primary N) is 1. The van der Waals surface area contributed by atoms with E-state index < -0.39 is 5.79 Å². The Labute approximate surface area is 139 Å². The molecule has 1 fully saturated rings. The van der Waals surface area contributed by atoms with E-state index in [1.165, 1.54) is 6.07 Å². The third kappa shape index (κ3) is 2.68. The van der Waals surface area contributed by atoms with E-state index in [0.717, 1.165) is 24.1 Å². The molecule has 2 aromatic rings. The van der Waals surface area contributed by atoms with Crippen molar-refractivity contribution in [1.82, 2.24) is 9.97 Å². The van der Waals surface area contributed by atoms with Gasteiger partial charge in [0.05, 0.1) is 25.1 Å². The fourth-order valence-electron chi connectivity index (χ4n) is 3.20. The minimum absolute atomic E-state index is 0.221. The van der Waals surface area contributed by atoms with E-state index in [2.05, 4.69) is 16.0 Å². The molecule has 1 aromatic heterocycles. The van der Waals surface area contributed by atoms with Crippen LogP contribution in [0.4, 0.5) is 10.2 Å². The summed E-state index contributed by atoms with van der Waals surface area (Å²) >= 11 is 0. The number of anilines is 1. The number of nitrogens with zero attached hydrogens (tertiary/aromatic N) is 2. The van der Waals surface area contributed by atoms with Crippen LogP contribution in [-0.2, 0) is 9.47 Å². The minimum atomic E-state index is -0.473. The molecule has 0 radical (unpaired) electrons. The molecule has 2 aliphatic rings. The molecule has 1 aliphatic carbocycles. The molecule has 1 aliphatic heterocycles. The third-order valence-corrected chi connectivity index (χ3v) is 4.51. The van der Waals surface area contributed by atoms with Crippen molar-refractivity contribution in [3.05, 3.63) is 48.0 Å². The van der Waals surface area contributed by atoms with Gasteiger partial charge in [-0.15, -0.1) is 0 Å². The van der Waals surface area contributed by atoms with Crippen LogP contribution in [0.3, 0.4) is 0 Å². The summed E-state index contributed by atoms with van der Waals surface area (Å²) in [6.45, 7) is 1.28. The Morgan fingerprint density at radius 3 is 2.67 bits per heavy atom. The molecule has 124 valence electrons. The highest BCUT2D eigenvalue weighted by Gasteiger charge is 2.37. The largest absolute Gasteiger partial charge is 0.382 e. The maximum atomic E-state index is 14.1. The smallest absolute Gasteiger partial charge is 0.172 e. The van der Waals surface area contributed by atoms with Gasteiger partial charge < -0.3 is 15.2 Å². The molecule has 5 nitrogen and oxygen atoms in total. The van der Waals surface area contributed by atoms with Crippen molar-refractivity contribution in [3.63, 3.8) is 0 Å². The Hall–Kier alpha value is -2.31. The summed E-state index contributed by atoms with van der Waals surface area (Å²) in [5.41, 5.74) is 8.43. The van der Waals surface area contributed by atoms with Crippen molar-refractivity contribution in [2.45, 2.75) is 25.0 Å². The van der Waals surface area contributed by atoms with Gasteiger partial charge >= 0.3 is 0 Å². The van der Waals surface area contributed by atoms with Crippen molar-refractivity contribution in [3.8, 4) is 11.3 Å². The minimum Gasteiger partial charge on any atom is -0.382 e. The fourth-order valence-corrected chi connectivity index (χ4v) is 3.20. The highest BCUT2D eigenvalue weighted by molar-refractivity contribution is 5.73. The van der Waals surface area contributed by atoms with Crippen LogP contribution in [0.5, 0.6) is 0 Å². The quantitative estimate of drug-likeness (QED) is 0.917. The number of nitrogen functional groups attached to an aromatic ring is 1. The normalized spacial score (nSPS) is 19.5. The number of rotatable bonds is 2. The molecule has 0 atom stereocenters. The number of aromatic nitrogens is 2. The second kappa shape index (κ2) is 5.96. The first-order valence-corrected chi connectivity index (χ1v) is 8.02. The maximum Gasteiger partial charge on any atom is 0.172 e. The van der Waals surface area contributed by atoms with Gasteiger partial charge in [0.1, 0.15) is 17.3 Å². The molecule has 1 aromatic carbocycles. The first-order valence-electron chi connectivity index (χ1n) is 8.02. The van der Waals surface area contributed by atoms with Gasteiger partial charge in [-0.25, -0.2) is 14.4 Å². The molecule has 1 saturated heterocycles. The van der Waals surface area contributed by atoms with E-state index in [1.807, 2.05) is 0 Å². The van der Waals surface area contributed by atoms with Crippen molar-refractivity contribution in [2.75, 3.05) is 18.9 Å². The summed E-state index contributed by atoms with van der Waals surface area (Å²) in [4.78, 5) is 8.77. The molecule has 2 N–H and O–H groups in total. The van der Waals surface area contributed by atoms with Gasteiger partial charge in [0.2, 0.25) is 0 Å². The Morgan fingerprint density at radius 2 is 1.96 bits per heavy atom. The van der Waals surface area contributed by atoms with Crippen LogP contribution in [0.2, 0.25) is 0 Å². The predicted octanol–water partition coefficient (Wildman–Crippen LogP) is 3.18. The van der Waals surface area contributed by atoms with E-state index in [4.69, 9.17) is 15.2 Å². The molecular formula is C18H18FN3O2. The standard InChI is InChI=1S/C18H18FN3O2/c19-14-4-2-1-3-13(14)16-17(20)21-11-15(22-16)12-5-7-18(8-6-12)23-9-10-24-18/h1-5,11H,6-10H2,(H2,20,21). The van der Waals surface area contributed by atoms with Crippen LogP contribution < -0.4 is 5.73 Å². The molecule has 4 rings (SSSR count). The maximum absolute atomic E-state index is 14.1. The van der Waals surface area contributed by atoms with E-state index in [1.54, 1.807) is 24.4 Å². The monoisotopic (exact) mass is 327 g/mol. The van der Waals surface area contributed by atoms with Crippen molar-refractivity contribution < 1.29 is 13.9 Å². The Bertz CT molecular complexity index is 801. The molecule has 2 heterocycles. The molecule has 0 unspecified atom stereocenters. The average molecular weight is 327 g/mol. The van der Waals surface area contributed by atoms with Crippen LogP contribution in [0.1, 0.15) is 25.0 Å². The van der Waals surface area contributed by atoms with E-state index in [9.17, 15) is 4.39 Å². The Kier molecular flexibility index (Phi) is 3.78. The van der Waals surface area contributed by atoms with Gasteiger partial charge in [-0.05, 0) is 24.1 Å². The second-order valence-electron chi connectivity index (χ2n) is 6.01. The highest BCUT2D eigenvalue weighted by Crippen LogP contribution is 2.38. The van der Waals surface area contributed by atoms with Gasteiger partial charge in [0, 0.05) is 18.4 Å². The zero-order chi connectivity index (χ0) is 16.6. The van der Waals surface area contributed by atoms with Gasteiger partial charge in [-0.1, -0.05) is 18.2 Å². The van der Waals surface area contributed by atoms with Gasteiger partial charge in [0.25, 0.3) is 0 Å². The lowest BCUT2D eigenvalue weighted by Crippen LogP contribution is -2.31. The molecule has 0 bridgehead atoms. The fraction of sp³-hybridized carbons (Fsp3) is 0.333. The lowest BCUT2D eigenvalue weighted by Gasteiger charge is -2.30. The second-order valence-corrected chi connectivity index (χ2v) is 6.01. The first kappa shape index (κ1) is 15.2. The molecule has 0 saturated carbocycles. The van der Waals surface area contributed by atoms with Crippen molar-refractivity contribution >= 4 is 11.4 Å². The number of benzene rings is 1. The Morgan fingerprint density at radius 1 is 1.17 bits per heavy atom. The van der Waals surface area contributed by atoms with Gasteiger partial charge in [-0.3, -0.25) is 0 Å². The molecule has 24 heavy (non-hydrogen) atoms. The zero-order valence-corrected chi connectivity index (χ0v) is 13.2. The predicted molar refractivity (Wildman–Crippen MR) is 88.3 cm³/mol. The zero-order valence-electron chi connectivity index (χ0n) is 13.2. The topological polar surface area (TPSA) is 70.3 Å². The van der Waals surface area contributed by atoms with Gasteiger partial charge in [-0.2, -0.15) is 0 Å².